The summed E-state index contributed by atoms with van der Waals surface area (Å²) in [5, 5.41) is 0. The fourth-order valence-electron chi connectivity index (χ4n) is 5.81. The molecule has 1 saturated heterocycles. The second-order valence-corrected chi connectivity index (χ2v) is 9.85. The number of rotatable bonds is 5. The van der Waals surface area contributed by atoms with Crippen molar-refractivity contribution in [3.63, 3.8) is 0 Å². The van der Waals surface area contributed by atoms with E-state index >= 15 is 0 Å². The van der Waals surface area contributed by atoms with E-state index in [9.17, 15) is 8.78 Å². The zero-order valence-electron chi connectivity index (χ0n) is 20.3. The number of hydrogen-bond acceptors (Lipinski definition) is 2. The number of aromatic nitrogens is 2. The first-order chi connectivity index (χ1) is 17.6. The highest BCUT2D eigenvalue weighted by atomic mass is 19.2. The topological polar surface area (TPSA) is 31.9 Å². The third-order valence-electron chi connectivity index (χ3n) is 7.77. The van der Waals surface area contributed by atoms with Crippen molar-refractivity contribution in [1.82, 2.24) is 14.9 Å². The lowest BCUT2D eigenvalue weighted by Crippen LogP contribution is -2.32. The second-order valence-electron chi connectivity index (χ2n) is 9.85. The summed E-state index contributed by atoms with van der Waals surface area (Å²) in [4.78, 5) is 10.1. The molecule has 0 radical (unpaired) electrons. The maximum absolute atomic E-state index is 14.1. The predicted octanol–water partition coefficient (Wildman–Crippen LogP) is 7.23. The molecule has 2 aromatic carbocycles. The molecular formula is C31H29F2N3. The van der Waals surface area contributed by atoms with Gasteiger partial charge in [0.25, 0.3) is 0 Å². The normalized spacial score (nSPS) is 19.8. The van der Waals surface area contributed by atoms with Crippen molar-refractivity contribution >= 4 is 5.57 Å². The van der Waals surface area contributed by atoms with Crippen molar-refractivity contribution in [3.05, 3.63) is 108 Å². The molecule has 3 nitrogen and oxygen atoms in total. The zero-order valence-corrected chi connectivity index (χ0v) is 20.3. The van der Waals surface area contributed by atoms with Crippen LogP contribution in [0.2, 0.25) is 0 Å². The van der Waals surface area contributed by atoms with Crippen molar-refractivity contribution in [1.29, 1.82) is 0 Å². The van der Waals surface area contributed by atoms with Crippen LogP contribution in [-0.4, -0.2) is 34.0 Å². The summed E-state index contributed by atoms with van der Waals surface area (Å²) in [5.41, 5.74) is 8.66. The molecule has 1 fully saturated rings. The first kappa shape index (κ1) is 22.9. The molecule has 0 bridgehead atoms. The Bertz CT molecular complexity index is 1410. The van der Waals surface area contributed by atoms with E-state index in [-0.39, 0.29) is 0 Å². The molecular weight excluding hydrogens is 452 g/mol. The number of fused-ring (bicyclic) bond motifs is 1. The average molecular weight is 482 g/mol. The second kappa shape index (κ2) is 9.47. The molecule has 4 heterocycles. The van der Waals surface area contributed by atoms with Crippen LogP contribution in [0.15, 0.2) is 79.3 Å². The Morgan fingerprint density at radius 3 is 2.53 bits per heavy atom. The fourth-order valence-corrected chi connectivity index (χ4v) is 5.81. The highest BCUT2D eigenvalue weighted by Gasteiger charge is 2.34. The molecule has 2 aromatic heterocycles. The summed E-state index contributed by atoms with van der Waals surface area (Å²) in [5.74, 6) is -1.15. The van der Waals surface area contributed by atoms with E-state index in [1.54, 1.807) is 18.5 Å². The lowest BCUT2D eigenvalue weighted by atomic mass is 9.89. The van der Waals surface area contributed by atoms with Crippen molar-refractivity contribution in [2.45, 2.75) is 38.1 Å². The van der Waals surface area contributed by atoms with E-state index in [1.165, 1.54) is 28.8 Å². The van der Waals surface area contributed by atoms with Crippen molar-refractivity contribution in [3.8, 4) is 22.4 Å². The number of halogens is 2. The smallest absolute Gasteiger partial charge is 0.159 e. The number of H-pyrrole nitrogens is 1. The van der Waals surface area contributed by atoms with E-state index in [1.807, 2.05) is 18.3 Å². The van der Waals surface area contributed by atoms with Crippen molar-refractivity contribution in [2.75, 3.05) is 13.1 Å². The minimum absolute atomic E-state index is 0.400. The summed E-state index contributed by atoms with van der Waals surface area (Å²) in [6, 6.07) is 17.5. The molecule has 1 N–H and O–H groups in total. The van der Waals surface area contributed by atoms with Crippen LogP contribution in [0.1, 0.15) is 42.4 Å². The Labute approximate surface area is 210 Å². The van der Waals surface area contributed by atoms with E-state index in [2.05, 4.69) is 52.1 Å². The highest BCUT2D eigenvalue weighted by molar-refractivity contribution is 5.91. The SMILES string of the molecule is CCc1ccc([C@@H]2C[C@H]3C=C(c4c[nH]c(-c5ccc(F)c(F)c5)c4-c4ccncc4)CCN3C2)cc1. The summed E-state index contributed by atoms with van der Waals surface area (Å²) < 4.78 is 27.8. The average Bonchev–Trinajstić information content (AvgIpc) is 3.55. The summed E-state index contributed by atoms with van der Waals surface area (Å²) in [6.07, 6.45) is 11.1. The monoisotopic (exact) mass is 481 g/mol. The minimum atomic E-state index is -0.846. The van der Waals surface area contributed by atoms with Gasteiger partial charge in [-0.3, -0.25) is 9.88 Å². The van der Waals surface area contributed by atoms with Gasteiger partial charge in [0.2, 0.25) is 0 Å². The van der Waals surface area contributed by atoms with Gasteiger partial charge >= 0.3 is 0 Å². The number of pyridine rings is 1. The molecule has 0 aliphatic carbocycles. The van der Waals surface area contributed by atoms with Crippen molar-refractivity contribution < 1.29 is 8.78 Å². The molecule has 0 unspecified atom stereocenters. The maximum atomic E-state index is 14.1. The summed E-state index contributed by atoms with van der Waals surface area (Å²) in [7, 11) is 0. The first-order valence-electron chi connectivity index (χ1n) is 12.7. The molecule has 182 valence electrons. The molecule has 6 rings (SSSR count). The van der Waals surface area contributed by atoms with Crippen LogP contribution < -0.4 is 0 Å². The molecule has 5 heteroatoms. The zero-order chi connectivity index (χ0) is 24.6. The lowest BCUT2D eigenvalue weighted by molar-refractivity contribution is 0.286. The van der Waals surface area contributed by atoms with Gasteiger partial charge in [-0.15, -0.1) is 0 Å². The van der Waals surface area contributed by atoms with Gasteiger partial charge in [0.1, 0.15) is 0 Å². The van der Waals surface area contributed by atoms with E-state index < -0.39 is 11.6 Å². The molecule has 2 atom stereocenters. The van der Waals surface area contributed by atoms with Gasteiger partial charge in [-0.25, -0.2) is 8.78 Å². The van der Waals surface area contributed by atoms with Crippen molar-refractivity contribution in [2.24, 2.45) is 0 Å². The van der Waals surface area contributed by atoms with Crippen LogP contribution in [0.4, 0.5) is 8.78 Å². The van der Waals surface area contributed by atoms with Crippen LogP contribution >= 0.6 is 0 Å². The molecule has 0 spiro atoms. The number of aryl methyl sites for hydroxylation is 1. The van der Waals surface area contributed by atoms with E-state index in [0.717, 1.165) is 54.7 Å². The van der Waals surface area contributed by atoms with Gasteiger partial charge in [0.15, 0.2) is 11.6 Å². The van der Waals surface area contributed by atoms with Crippen LogP contribution in [0.3, 0.4) is 0 Å². The number of benzene rings is 2. The summed E-state index contributed by atoms with van der Waals surface area (Å²) in [6.45, 7) is 4.29. The van der Waals surface area contributed by atoms with Crippen LogP contribution in [-0.2, 0) is 6.42 Å². The van der Waals surface area contributed by atoms with E-state index in [4.69, 9.17) is 0 Å². The molecule has 2 aliphatic rings. The molecule has 0 saturated carbocycles. The van der Waals surface area contributed by atoms with Gasteiger partial charge in [0.05, 0.1) is 5.69 Å². The molecule has 36 heavy (non-hydrogen) atoms. The Morgan fingerprint density at radius 2 is 1.78 bits per heavy atom. The third kappa shape index (κ3) is 4.18. The van der Waals surface area contributed by atoms with Gasteiger partial charge in [-0.2, -0.15) is 0 Å². The number of nitrogens with zero attached hydrogens (tertiary/aromatic N) is 2. The van der Waals surface area contributed by atoms with Gasteiger partial charge in [-0.05, 0) is 77.8 Å². The number of nitrogens with one attached hydrogen (secondary N) is 1. The third-order valence-corrected chi connectivity index (χ3v) is 7.77. The Hall–Kier alpha value is -3.57. The minimum Gasteiger partial charge on any atom is -0.360 e. The van der Waals surface area contributed by atoms with Crippen LogP contribution in [0.25, 0.3) is 28.0 Å². The Morgan fingerprint density at radius 1 is 0.972 bits per heavy atom. The molecule has 4 aromatic rings. The number of hydrogen-bond donors (Lipinski definition) is 1. The van der Waals surface area contributed by atoms with Gasteiger partial charge in [0, 0.05) is 54.4 Å². The number of aromatic amines is 1. The Kier molecular flexibility index (Phi) is 6.02. The Balaban J connectivity index is 1.35. The van der Waals surface area contributed by atoms with Crippen LogP contribution in [0, 0.1) is 11.6 Å². The lowest BCUT2D eigenvalue weighted by Gasteiger charge is -2.28. The predicted molar refractivity (Wildman–Crippen MR) is 141 cm³/mol. The van der Waals surface area contributed by atoms with Gasteiger partial charge < -0.3 is 4.98 Å². The summed E-state index contributed by atoms with van der Waals surface area (Å²) >= 11 is 0. The molecule has 0 amide bonds. The molecule has 2 aliphatic heterocycles. The van der Waals surface area contributed by atoms with Crippen LogP contribution in [0.5, 0.6) is 0 Å². The largest absolute Gasteiger partial charge is 0.360 e. The maximum Gasteiger partial charge on any atom is 0.159 e. The van der Waals surface area contributed by atoms with E-state index in [0.29, 0.717) is 17.5 Å². The quantitative estimate of drug-likeness (QED) is 0.326. The van der Waals surface area contributed by atoms with Gasteiger partial charge in [-0.1, -0.05) is 37.3 Å². The standard InChI is InChI=1S/C31H29F2N3/c1-2-20-3-5-21(6-4-20)25-16-26-15-23(11-14-36(26)19-25)27-18-35-31(24-7-8-28(32)29(33)17-24)30(27)22-9-12-34-13-10-22/h3-10,12-13,15,17-18,25-26,35H,2,11,14,16,19H2,1H3/t25-,26-/m1/s1. The highest BCUT2D eigenvalue weighted by Crippen LogP contribution is 2.42. The first-order valence-corrected chi connectivity index (χ1v) is 12.7. The fraction of sp³-hybridized carbons (Fsp3) is 0.258.